The molecule has 0 radical (unpaired) electrons. The van der Waals surface area contributed by atoms with E-state index in [4.69, 9.17) is 11.5 Å². The normalized spacial score (nSPS) is 13.7. The number of nitrogens with zero attached hydrogens (tertiary/aromatic N) is 1. The highest BCUT2D eigenvalue weighted by atomic mass is 16.4. The summed E-state index contributed by atoms with van der Waals surface area (Å²) in [5.74, 6) is -4.12. The third-order valence-corrected chi connectivity index (χ3v) is 7.27. The number of carbonyl (C=O) groups excluding carboxylic acids is 4. The SMILES string of the molecule is NC(=O)CCC(NC(=O)C(N)Cc1c[nH]c2ccccc12)C(=O)NC(Cc1ccccc1)C(=O)NC(Cc1cnc[nH]1)C(=O)O. The Labute approximate surface area is 258 Å². The number of para-hydroxylation sites is 1. The molecule has 45 heavy (non-hydrogen) atoms. The Morgan fingerprint density at radius 3 is 2.16 bits per heavy atom. The average Bonchev–Trinajstić information content (AvgIpc) is 3.69. The van der Waals surface area contributed by atoms with Crippen LogP contribution in [0.4, 0.5) is 0 Å². The zero-order valence-corrected chi connectivity index (χ0v) is 24.4. The summed E-state index contributed by atoms with van der Waals surface area (Å²) in [5.41, 5.74) is 14.4. The molecule has 14 heteroatoms. The van der Waals surface area contributed by atoms with E-state index in [1.807, 2.05) is 24.3 Å². The number of aliphatic carboxylic acids is 1. The fraction of sp³-hybridized carbons (Fsp3) is 0.290. The molecular weight excluding hydrogens is 580 g/mol. The number of hydrogen-bond acceptors (Lipinski definition) is 7. The Bertz CT molecular complexity index is 1620. The fourth-order valence-corrected chi connectivity index (χ4v) is 4.88. The summed E-state index contributed by atoms with van der Waals surface area (Å²) >= 11 is 0. The number of fused-ring (bicyclic) bond motifs is 1. The second-order valence-corrected chi connectivity index (χ2v) is 10.7. The number of nitrogens with one attached hydrogen (secondary N) is 5. The molecule has 0 saturated carbocycles. The van der Waals surface area contributed by atoms with Crippen LogP contribution < -0.4 is 27.4 Å². The van der Waals surface area contributed by atoms with E-state index in [1.54, 1.807) is 36.5 Å². The van der Waals surface area contributed by atoms with E-state index in [2.05, 4.69) is 30.9 Å². The number of H-pyrrole nitrogens is 2. The van der Waals surface area contributed by atoms with E-state index in [9.17, 15) is 29.1 Å². The van der Waals surface area contributed by atoms with Gasteiger partial charge in [0, 0.05) is 48.3 Å². The van der Waals surface area contributed by atoms with Crippen molar-refractivity contribution in [2.45, 2.75) is 56.3 Å². The van der Waals surface area contributed by atoms with Gasteiger partial charge in [0.05, 0.1) is 12.4 Å². The first-order valence-corrected chi connectivity index (χ1v) is 14.3. The molecule has 0 bridgehead atoms. The molecule has 4 unspecified atom stereocenters. The number of benzene rings is 2. The minimum absolute atomic E-state index is 0.0192. The van der Waals surface area contributed by atoms with Crippen molar-refractivity contribution in [1.29, 1.82) is 0 Å². The van der Waals surface area contributed by atoms with Gasteiger partial charge in [-0.1, -0.05) is 48.5 Å². The van der Waals surface area contributed by atoms with E-state index in [0.29, 0.717) is 11.3 Å². The molecule has 4 atom stereocenters. The Kier molecular flexibility index (Phi) is 11.0. The Hall–Kier alpha value is -5.50. The lowest BCUT2D eigenvalue weighted by Crippen LogP contribution is -2.58. The molecule has 4 rings (SSSR count). The van der Waals surface area contributed by atoms with Crippen LogP contribution in [0.5, 0.6) is 0 Å². The van der Waals surface area contributed by atoms with Crippen LogP contribution in [0.1, 0.15) is 29.7 Å². The van der Waals surface area contributed by atoms with Gasteiger partial charge in [-0.15, -0.1) is 0 Å². The van der Waals surface area contributed by atoms with E-state index in [-0.39, 0.29) is 32.1 Å². The molecule has 0 aliphatic heterocycles. The van der Waals surface area contributed by atoms with Crippen molar-refractivity contribution in [3.05, 3.63) is 90.1 Å². The van der Waals surface area contributed by atoms with E-state index in [0.717, 1.165) is 16.5 Å². The topological polar surface area (TPSA) is 238 Å². The van der Waals surface area contributed by atoms with Gasteiger partial charge in [0.1, 0.15) is 18.1 Å². The number of rotatable bonds is 16. The zero-order chi connectivity index (χ0) is 32.3. The highest BCUT2D eigenvalue weighted by molar-refractivity contribution is 5.95. The molecule has 4 amide bonds. The molecule has 4 aromatic rings. The lowest BCUT2D eigenvalue weighted by molar-refractivity contribution is -0.142. The Morgan fingerprint density at radius 1 is 0.800 bits per heavy atom. The first-order valence-electron chi connectivity index (χ1n) is 14.3. The number of aromatic nitrogens is 3. The predicted molar refractivity (Wildman–Crippen MR) is 164 cm³/mol. The maximum atomic E-state index is 13.6. The van der Waals surface area contributed by atoms with Crippen molar-refractivity contribution in [2.24, 2.45) is 11.5 Å². The van der Waals surface area contributed by atoms with Gasteiger partial charge in [-0.2, -0.15) is 0 Å². The molecule has 14 nitrogen and oxygen atoms in total. The monoisotopic (exact) mass is 616 g/mol. The zero-order valence-electron chi connectivity index (χ0n) is 24.4. The number of carbonyl (C=O) groups is 5. The third kappa shape index (κ3) is 9.24. The summed E-state index contributed by atoms with van der Waals surface area (Å²) in [6, 6.07) is 11.5. The van der Waals surface area contributed by atoms with Crippen LogP contribution in [0.2, 0.25) is 0 Å². The van der Waals surface area contributed by atoms with Crippen LogP contribution in [0.25, 0.3) is 10.9 Å². The smallest absolute Gasteiger partial charge is 0.326 e. The van der Waals surface area contributed by atoms with Crippen LogP contribution >= 0.6 is 0 Å². The lowest BCUT2D eigenvalue weighted by atomic mass is 10.0. The van der Waals surface area contributed by atoms with E-state index < -0.39 is 53.8 Å². The van der Waals surface area contributed by atoms with Gasteiger partial charge in [0.25, 0.3) is 0 Å². The van der Waals surface area contributed by atoms with Crippen LogP contribution in [0, 0.1) is 0 Å². The van der Waals surface area contributed by atoms with Gasteiger partial charge < -0.3 is 42.5 Å². The molecular formula is C31H36N8O6. The van der Waals surface area contributed by atoms with Crippen molar-refractivity contribution in [3.63, 3.8) is 0 Å². The number of amides is 4. The molecule has 236 valence electrons. The summed E-state index contributed by atoms with van der Waals surface area (Å²) in [4.78, 5) is 73.5. The number of imidazole rings is 1. The number of carboxylic acids is 1. The molecule has 2 aromatic heterocycles. The van der Waals surface area contributed by atoms with Gasteiger partial charge >= 0.3 is 5.97 Å². The summed E-state index contributed by atoms with van der Waals surface area (Å²) in [6.45, 7) is 0. The molecule has 0 spiro atoms. The summed E-state index contributed by atoms with van der Waals surface area (Å²) in [6.07, 6.45) is 4.34. The number of primary amides is 1. The lowest BCUT2D eigenvalue weighted by Gasteiger charge is -2.25. The highest BCUT2D eigenvalue weighted by Crippen LogP contribution is 2.19. The van der Waals surface area contributed by atoms with Crippen molar-refractivity contribution in [2.75, 3.05) is 0 Å². The number of aromatic amines is 2. The van der Waals surface area contributed by atoms with Gasteiger partial charge in [-0.25, -0.2) is 9.78 Å². The molecule has 2 aromatic carbocycles. The van der Waals surface area contributed by atoms with Crippen molar-refractivity contribution in [3.8, 4) is 0 Å². The highest BCUT2D eigenvalue weighted by Gasteiger charge is 2.31. The van der Waals surface area contributed by atoms with E-state index in [1.165, 1.54) is 12.5 Å². The summed E-state index contributed by atoms with van der Waals surface area (Å²) < 4.78 is 0. The van der Waals surface area contributed by atoms with Gasteiger partial charge in [-0.3, -0.25) is 19.2 Å². The van der Waals surface area contributed by atoms with Gasteiger partial charge in [-0.05, 0) is 30.0 Å². The standard InChI is InChI=1S/C31H36N8O6/c32-22(13-19-15-35-23-9-5-4-8-21(19)23)28(41)37-24(10-11-27(33)40)29(42)38-25(12-18-6-2-1-3-7-18)30(43)39-26(31(44)45)14-20-16-34-17-36-20/h1-9,15-17,22,24-26,35H,10-14,32H2,(H2,33,40)(H,34,36)(H,37,41)(H,38,42)(H,39,43)(H,44,45). The quantitative estimate of drug-likeness (QED) is 0.0854. The largest absolute Gasteiger partial charge is 0.480 e. The van der Waals surface area contributed by atoms with Gasteiger partial charge in [0.2, 0.25) is 23.6 Å². The Balaban J connectivity index is 1.49. The minimum Gasteiger partial charge on any atom is -0.480 e. The molecule has 0 saturated heterocycles. The van der Waals surface area contributed by atoms with Crippen LogP contribution in [0.15, 0.2) is 73.3 Å². The van der Waals surface area contributed by atoms with Crippen molar-refractivity contribution >= 4 is 40.5 Å². The summed E-state index contributed by atoms with van der Waals surface area (Å²) in [5, 5.41) is 18.4. The first kappa shape index (κ1) is 32.4. The third-order valence-electron chi connectivity index (χ3n) is 7.27. The van der Waals surface area contributed by atoms with Crippen LogP contribution in [-0.4, -0.2) is 73.8 Å². The number of nitrogens with two attached hydrogens (primary N) is 2. The molecule has 0 fully saturated rings. The second kappa shape index (κ2) is 15.3. The fourth-order valence-electron chi connectivity index (χ4n) is 4.88. The predicted octanol–water partition coefficient (Wildman–Crippen LogP) is 0.0507. The molecule has 2 heterocycles. The van der Waals surface area contributed by atoms with E-state index >= 15 is 0 Å². The minimum atomic E-state index is -1.32. The molecule has 0 aliphatic carbocycles. The van der Waals surface area contributed by atoms with Crippen LogP contribution in [0.3, 0.4) is 0 Å². The number of hydrogen-bond donors (Lipinski definition) is 8. The van der Waals surface area contributed by atoms with Crippen molar-refractivity contribution < 1.29 is 29.1 Å². The van der Waals surface area contributed by atoms with Crippen LogP contribution in [-0.2, 0) is 43.2 Å². The molecule has 0 aliphatic rings. The van der Waals surface area contributed by atoms with Crippen molar-refractivity contribution in [1.82, 2.24) is 30.9 Å². The second-order valence-electron chi connectivity index (χ2n) is 10.7. The molecule has 10 N–H and O–H groups in total. The maximum absolute atomic E-state index is 13.6. The Morgan fingerprint density at radius 2 is 1.47 bits per heavy atom. The first-order chi connectivity index (χ1) is 21.6. The number of carboxylic acid groups (broad SMARTS) is 1. The average molecular weight is 617 g/mol. The maximum Gasteiger partial charge on any atom is 0.326 e. The summed E-state index contributed by atoms with van der Waals surface area (Å²) in [7, 11) is 0. The van der Waals surface area contributed by atoms with Gasteiger partial charge in [0.15, 0.2) is 0 Å².